The fraction of sp³-hybridized carbons (Fsp3) is 0.364. The lowest BCUT2D eigenvalue weighted by molar-refractivity contribution is -0.117. The number of benzene rings is 1. The molecule has 0 aromatic heterocycles. The van der Waals surface area contributed by atoms with Crippen LogP contribution in [0.5, 0.6) is 0 Å². The van der Waals surface area contributed by atoms with E-state index in [2.05, 4.69) is 5.32 Å². The Morgan fingerprint density at radius 1 is 1.56 bits per heavy atom. The lowest BCUT2D eigenvalue weighted by atomic mass is 10.2. The van der Waals surface area contributed by atoms with Crippen LogP contribution < -0.4 is 11.1 Å². The van der Waals surface area contributed by atoms with Crippen LogP contribution in [0.1, 0.15) is 0 Å². The average molecular weight is 278 g/mol. The van der Waals surface area contributed by atoms with Gasteiger partial charge in [0.2, 0.25) is 5.91 Å². The summed E-state index contributed by atoms with van der Waals surface area (Å²) in [6.07, 6.45) is -2.47. The molecule has 0 saturated heterocycles. The Balaban J connectivity index is 2.54. The Kier molecular flexibility index (Phi) is 5.30. The Morgan fingerprint density at radius 2 is 2.22 bits per heavy atom. The van der Waals surface area contributed by atoms with E-state index >= 15 is 0 Å². The number of rotatable bonds is 5. The zero-order valence-corrected chi connectivity index (χ0v) is 10.5. The van der Waals surface area contributed by atoms with E-state index in [-0.39, 0.29) is 6.54 Å². The summed E-state index contributed by atoms with van der Waals surface area (Å²) in [5.74, 6) is -0.410. The summed E-state index contributed by atoms with van der Waals surface area (Å²) in [5, 5.41) is 2.99. The molecule has 3 N–H and O–H groups in total. The smallest absolute Gasteiger partial charge is 0.251 e. The number of carbonyl (C=O) groups is 1. The molecule has 100 valence electrons. The van der Waals surface area contributed by atoms with Crippen LogP contribution in [-0.4, -0.2) is 37.4 Å². The van der Waals surface area contributed by atoms with Crippen LogP contribution in [0.25, 0.3) is 0 Å². The molecular weight excluding hydrogens is 264 g/mol. The highest BCUT2D eigenvalue weighted by molar-refractivity contribution is 6.31. The van der Waals surface area contributed by atoms with E-state index in [0.29, 0.717) is 16.4 Å². The standard InChI is InChI=1S/C11H14ClF2N3O/c1-17(5-10(13)14)6-11(18)16-9-3-2-7(12)4-8(9)15/h2-4,10H,5-6,15H2,1H3,(H,16,18). The van der Waals surface area contributed by atoms with Crippen molar-refractivity contribution >= 4 is 28.9 Å². The second-order valence-corrected chi connectivity index (χ2v) is 4.30. The summed E-state index contributed by atoms with van der Waals surface area (Å²) in [6.45, 7) is -0.587. The predicted molar refractivity (Wildman–Crippen MR) is 68.0 cm³/mol. The van der Waals surface area contributed by atoms with E-state index < -0.39 is 18.9 Å². The molecule has 1 aromatic rings. The number of nitrogens with one attached hydrogen (secondary N) is 1. The first-order valence-electron chi connectivity index (χ1n) is 5.20. The third kappa shape index (κ3) is 4.85. The van der Waals surface area contributed by atoms with Crippen LogP contribution in [0.4, 0.5) is 20.2 Å². The molecule has 0 aliphatic heterocycles. The van der Waals surface area contributed by atoms with Crippen molar-refractivity contribution in [3.8, 4) is 0 Å². The van der Waals surface area contributed by atoms with Crippen LogP contribution in [0.3, 0.4) is 0 Å². The van der Waals surface area contributed by atoms with E-state index in [1.165, 1.54) is 18.0 Å². The highest BCUT2D eigenvalue weighted by atomic mass is 35.5. The lowest BCUT2D eigenvalue weighted by Crippen LogP contribution is -2.33. The van der Waals surface area contributed by atoms with Crippen molar-refractivity contribution in [2.45, 2.75) is 6.43 Å². The highest BCUT2D eigenvalue weighted by Crippen LogP contribution is 2.22. The number of alkyl halides is 2. The monoisotopic (exact) mass is 277 g/mol. The van der Waals surface area contributed by atoms with Gasteiger partial charge in [-0.15, -0.1) is 0 Å². The topological polar surface area (TPSA) is 58.4 Å². The molecular formula is C11H14ClF2N3O. The van der Waals surface area contributed by atoms with Gasteiger partial charge in [-0.1, -0.05) is 11.6 Å². The maximum Gasteiger partial charge on any atom is 0.251 e. The summed E-state index contributed by atoms with van der Waals surface area (Å²) < 4.78 is 24.1. The number of halogens is 3. The van der Waals surface area contributed by atoms with Gasteiger partial charge in [-0.25, -0.2) is 8.78 Å². The first-order valence-corrected chi connectivity index (χ1v) is 5.58. The van der Waals surface area contributed by atoms with Gasteiger partial charge in [0.25, 0.3) is 6.43 Å². The van der Waals surface area contributed by atoms with Crippen molar-refractivity contribution in [2.75, 3.05) is 31.2 Å². The van der Waals surface area contributed by atoms with Gasteiger partial charge in [0.05, 0.1) is 24.5 Å². The molecule has 0 atom stereocenters. The molecule has 0 bridgehead atoms. The van der Waals surface area contributed by atoms with Crippen molar-refractivity contribution < 1.29 is 13.6 Å². The summed E-state index contributed by atoms with van der Waals surface area (Å²) >= 11 is 5.71. The van der Waals surface area contributed by atoms with Gasteiger partial charge < -0.3 is 11.1 Å². The molecule has 0 radical (unpaired) electrons. The van der Waals surface area contributed by atoms with E-state index in [4.69, 9.17) is 17.3 Å². The molecule has 0 spiro atoms. The first kappa shape index (κ1) is 14.7. The van der Waals surface area contributed by atoms with Crippen molar-refractivity contribution in [3.05, 3.63) is 23.2 Å². The van der Waals surface area contributed by atoms with Gasteiger partial charge in [0.1, 0.15) is 0 Å². The molecule has 1 amide bonds. The number of likely N-dealkylation sites (N-methyl/N-ethyl adjacent to an activating group) is 1. The Bertz CT molecular complexity index is 429. The number of hydrogen-bond donors (Lipinski definition) is 2. The second-order valence-electron chi connectivity index (χ2n) is 3.87. The third-order valence-electron chi connectivity index (χ3n) is 2.15. The molecule has 0 saturated carbocycles. The van der Waals surface area contributed by atoms with Gasteiger partial charge in [-0.05, 0) is 25.2 Å². The Labute approximate surface area is 109 Å². The average Bonchev–Trinajstić information content (AvgIpc) is 2.20. The van der Waals surface area contributed by atoms with Gasteiger partial charge in [0.15, 0.2) is 0 Å². The van der Waals surface area contributed by atoms with E-state index in [1.807, 2.05) is 0 Å². The molecule has 0 aliphatic carbocycles. The molecule has 0 unspecified atom stereocenters. The van der Waals surface area contributed by atoms with Gasteiger partial charge in [0, 0.05) is 5.02 Å². The zero-order chi connectivity index (χ0) is 13.7. The van der Waals surface area contributed by atoms with Gasteiger partial charge in [-0.2, -0.15) is 0 Å². The van der Waals surface area contributed by atoms with Gasteiger partial charge in [-0.3, -0.25) is 9.69 Å². The second kappa shape index (κ2) is 6.51. The maximum atomic E-state index is 12.1. The summed E-state index contributed by atoms with van der Waals surface area (Å²) in [7, 11) is 1.44. The minimum Gasteiger partial charge on any atom is -0.397 e. The fourth-order valence-corrected chi connectivity index (χ4v) is 1.56. The van der Waals surface area contributed by atoms with Crippen LogP contribution in [0, 0.1) is 0 Å². The number of carbonyl (C=O) groups excluding carboxylic acids is 1. The number of nitrogens with two attached hydrogens (primary N) is 1. The SMILES string of the molecule is CN(CC(=O)Nc1ccc(Cl)cc1N)CC(F)F. The predicted octanol–water partition coefficient (Wildman–Crippen LogP) is 2.06. The minimum absolute atomic E-state index is 0.133. The Morgan fingerprint density at radius 3 is 2.78 bits per heavy atom. The lowest BCUT2D eigenvalue weighted by Gasteiger charge is -2.16. The fourth-order valence-electron chi connectivity index (χ4n) is 1.38. The van der Waals surface area contributed by atoms with E-state index in [0.717, 1.165) is 0 Å². The number of amides is 1. The number of nitrogen functional groups attached to an aromatic ring is 1. The normalized spacial score (nSPS) is 11.0. The molecule has 18 heavy (non-hydrogen) atoms. The summed E-state index contributed by atoms with van der Waals surface area (Å²) in [6, 6.07) is 4.64. The first-order chi connectivity index (χ1) is 8.38. The number of hydrogen-bond acceptors (Lipinski definition) is 3. The molecule has 0 fully saturated rings. The van der Waals surface area contributed by atoms with Crippen LogP contribution in [0.2, 0.25) is 5.02 Å². The maximum absolute atomic E-state index is 12.1. The minimum atomic E-state index is -2.47. The number of anilines is 2. The third-order valence-corrected chi connectivity index (χ3v) is 2.39. The molecule has 1 aromatic carbocycles. The molecule has 7 heteroatoms. The van der Waals surface area contributed by atoms with E-state index in [1.54, 1.807) is 12.1 Å². The highest BCUT2D eigenvalue weighted by Gasteiger charge is 2.12. The van der Waals surface area contributed by atoms with Crippen molar-refractivity contribution in [2.24, 2.45) is 0 Å². The van der Waals surface area contributed by atoms with Crippen LogP contribution in [0.15, 0.2) is 18.2 Å². The van der Waals surface area contributed by atoms with Crippen LogP contribution >= 0.6 is 11.6 Å². The zero-order valence-electron chi connectivity index (χ0n) is 9.79. The molecule has 4 nitrogen and oxygen atoms in total. The molecule has 0 heterocycles. The molecule has 0 aliphatic rings. The van der Waals surface area contributed by atoms with Crippen molar-refractivity contribution in [1.82, 2.24) is 4.90 Å². The molecule has 1 rings (SSSR count). The van der Waals surface area contributed by atoms with Crippen molar-refractivity contribution in [3.63, 3.8) is 0 Å². The number of nitrogens with zero attached hydrogens (tertiary/aromatic N) is 1. The summed E-state index contributed by atoms with van der Waals surface area (Å²) in [5.41, 5.74) is 6.39. The van der Waals surface area contributed by atoms with Crippen molar-refractivity contribution in [1.29, 1.82) is 0 Å². The van der Waals surface area contributed by atoms with Crippen LogP contribution in [-0.2, 0) is 4.79 Å². The van der Waals surface area contributed by atoms with Gasteiger partial charge >= 0.3 is 0 Å². The quantitative estimate of drug-likeness (QED) is 0.810. The summed E-state index contributed by atoms with van der Waals surface area (Å²) in [4.78, 5) is 12.8. The largest absolute Gasteiger partial charge is 0.397 e. The Hall–Kier alpha value is -1.40. The van der Waals surface area contributed by atoms with E-state index in [9.17, 15) is 13.6 Å².